The number of benzene rings is 1. The van der Waals surface area contributed by atoms with Crippen molar-refractivity contribution in [1.82, 2.24) is 19.9 Å². The van der Waals surface area contributed by atoms with Crippen LogP contribution < -0.4 is 15.1 Å². The standard InChI is InChI=1S/C24H26F5N7O2S/c1-13-30-20(18(26)21(31-13)36-8-6-35(7-9-36)5-4-17(37)38)33-23-32-19(22(39-23)34(2)3)14-10-15(24(27,28)29)12-16(25)11-14/h10-12H,4-9H2,1-3H3,(H,37,38)(H,30,31,32,33). The van der Waals surface area contributed by atoms with Crippen molar-refractivity contribution < 1.29 is 31.9 Å². The highest BCUT2D eigenvalue weighted by Crippen LogP contribution is 2.41. The van der Waals surface area contributed by atoms with Gasteiger partial charge in [-0.1, -0.05) is 11.3 Å². The van der Waals surface area contributed by atoms with E-state index in [2.05, 4.69) is 20.3 Å². The van der Waals surface area contributed by atoms with Crippen molar-refractivity contribution in [2.24, 2.45) is 0 Å². The molecule has 1 saturated heterocycles. The number of alkyl halides is 3. The van der Waals surface area contributed by atoms with Crippen molar-refractivity contribution in [3.05, 3.63) is 41.2 Å². The van der Waals surface area contributed by atoms with Gasteiger partial charge in [-0.15, -0.1) is 0 Å². The molecule has 4 rings (SSSR count). The molecule has 15 heteroatoms. The van der Waals surface area contributed by atoms with E-state index in [1.807, 2.05) is 4.90 Å². The van der Waals surface area contributed by atoms with Gasteiger partial charge in [-0.25, -0.2) is 19.3 Å². The predicted molar refractivity (Wildman–Crippen MR) is 138 cm³/mol. The summed E-state index contributed by atoms with van der Waals surface area (Å²) in [5, 5.41) is 12.3. The van der Waals surface area contributed by atoms with Crippen LogP contribution in [0.2, 0.25) is 0 Å². The maximum atomic E-state index is 15.6. The van der Waals surface area contributed by atoms with E-state index >= 15 is 4.39 Å². The highest BCUT2D eigenvalue weighted by molar-refractivity contribution is 7.20. The normalized spacial score (nSPS) is 14.5. The summed E-state index contributed by atoms with van der Waals surface area (Å²) in [5.74, 6) is -2.47. The van der Waals surface area contributed by atoms with E-state index in [0.29, 0.717) is 43.8 Å². The molecule has 0 atom stereocenters. The lowest BCUT2D eigenvalue weighted by molar-refractivity contribution is -0.138. The molecule has 210 valence electrons. The van der Waals surface area contributed by atoms with E-state index < -0.39 is 29.3 Å². The van der Waals surface area contributed by atoms with Crippen LogP contribution in [-0.2, 0) is 11.0 Å². The number of carboxylic acid groups (broad SMARTS) is 1. The van der Waals surface area contributed by atoms with Crippen LogP contribution in [0.15, 0.2) is 18.2 Å². The number of anilines is 4. The first-order valence-electron chi connectivity index (χ1n) is 11.9. The van der Waals surface area contributed by atoms with Crippen LogP contribution in [0.25, 0.3) is 11.3 Å². The summed E-state index contributed by atoms with van der Waals surface area (Å²) in [6, 6.07) is 2.19. The van der Waals surface area contributed by atoms with Crippen molar-refractivity contribution >= 4 is 39.1 Å². The average molecular weight is 572 g/mol. The first-order chi connectivity index (χ1) is 18.3. The fourth-order valence-electron chi connectivity index (χ4n) is 4.12. The summed E-state index contributed by atoms with van der Waals surface area (Å²) in [6.07, 6.45) is -4.72. The second-order valence-corrected chi connectivity index (χ2v) is 10.1. The number of nitrogens with one attached hydrogen (secondary N) is 1. The van der Waals surface area contributed by atoms with Gasteiger partial charge in [0.05, 0.1) is 12.0 Å². The Morgan fingerprint density at radius 2 is 1.79 bits per heavy atom. The summed E-state index contributed by atoms with van der Waals surface area (Å²) in [6.45, 7) is 3.93. The quantitative estimate of drug-likeness (QED) is 0.376. The van der Waals surface area contributed by atoms with Crippen LogP contribution >= 0.6 is 11.3 Å². The number of carbonyl (C=O) groups is 1. The van der Waals surface area contributed by atoms with Gasteiger partial charge in [0.25, 0.3) is 0 Å². The monoisotopic (exact) mass is 571 g/mol. The number of piperazine rings is 1. The zero-order valence-corrected chi connectivity index (χ0v) is 22.1. The summed E-state index contributed by atoms with van der Waals surface area (Å²) in [4.78, 5) is 28.9. The van der Waals surface area contributed by atoms with Crippen molar-refractivity contribution in [3.63, 3.8) is 0 Å². The summed E-state index contributed by atoms with van der Waals surface area (Å²) >= 11 is 1.05. The van der Waals surface area contributed by atoms with E-state index in [0.717, 1.165) is 23.5 Å². The smallest absolute Gasteiger partial charge is 0.416 e. The number of nitrogens with zero attached hydrogens (tertiary/aromatic N) is 6. The lowest BCUT2D eigenvalue weighted by Crippen LogP contribution is -2.47. The molecule has 1 aromatic carbocycles. The predicted octanol–water partition coefficient (Wildman–Crippen LogP) is 4.61. The molecule has 0 radical (unpaired) electrons. The minimum absolute atomic E-state index is 0.0208. The molecule has 0 unspecified atom stereocenters. The minimum atomic E-state index is -4.74. The fraction of sp³-hybridized carbons (Fsp3) is 0.417. The average Bonchev–Trinajstić information content (AvgIpc) is 3.28. The first-order valence-corrected chi connectivity index (χ1v) is 12.7. The lowest BCUT2D eigenvalue weighted by atomic mass is 10.1. The molecule has 0 spiro atoms. The molecule has 1 fully saturated rings. The molecule has 39 heavy (non-hydrogen) atoms. The van der Waals surface area contributed by atoms with E-state index in [9.17, 15) is 22.4 Å². The van der Waals surface area contributed by atoms with Gasteiger partial charge >= 0.3 is 12.1 Å². The van der Waals surface area contributed by atoms with Gasteiger partial charge in [0.1, 0.15) is 22.3 Å². The highest BCUT2D eigenvalue weighted by Gasteiger charge is 2.32. The summed E-state index contributed by atoms with van der Waals surface area (Å²) < 4.78 is 69.5. The van der Waals surface area contributed by atoms with Gasteiger partial charge in [0.15, 0.2) is 16.8 Å². The Bertz CT molecular complexity index is 1360. The van der Waals surface area contributed by atoms with Crippen LogP contribution in [0, 0.1) is 18.6 Å². The Labute approximate surface area is 224 Å². The SMILES string of the molecule is Cc1nc(Nc2nc(-c3cc(F)cc(C(F)(F)F)c3)c(N(C)C)s2)c(F)c(N2CCN(CCC(=O)O)CC2)n1. The van der Waals surface area contributed by atoms with Gasteiger partial charge < -0.3 is 20.2 Å². The molecule has 1 aliphatic heterocycles. The summed E-state index contributed by atoms with van der Waals surface area (Å²) in [5.41, 5.74) is -1.12. The molecule has 3 heterocycles. The van der Waals surface area contributed by atoms with Crippen LogP contribution in [0.4, 0.5) is 43.7 Å². The topological polar surface area (TPSA) is 97.7 Å². The highest BCUT2D eigenvalue weighted by atomic mass is 32.1. The first kappa shape index (κ1) is 28.4. The van der Waals surface area contributed by atoms with Crippen LogP contribution in [0.1, 0.15) is 17.8 Å². The van der Waals surface area contributed by atoms with Gasteiger partial charge in [-0.05, 0) is 25.1 Å². The van der Waals surface area contributed by atoms with Gasteiger partial charge in [0.2, 0.25) is 5.82 Å². The second kappa shape index (κ2) is 11.3. The van der Waals surface area contributed by atoms with Crippen molar-refractivity contribution in [1.29, 1.82) is 0 Å². The van der Waals surface area contributed by atoms with Gasteiger partial charge in [0, 0.05) is 52.4 Å². The van der Waals surface area contributed by atoms with Crippen molar-refractivity contribution in [2.75, 3.05) is 61.9 Å². The van der Waals surface area contributed by atoms with Gasteiger partial charge in [-0.2, -0.15) is 17.6 Å². The van der Waals surface area contributed by atoms with E-state index in [4.69, 9.17) is 5.11 Å². The molecular weight excluding hydrogens is 545 g/mol. The Balaban J connectivity index is 1.61. The Morgan fingerprint density at radius 1 is 1.10 bits per heavy atom. The zero-order valence-electron chi connectivity index (χ0n) is 21.3. The third-order valence-electron chi connectivity index (χ3n) is 6.00. The largest absolute Gasteiger partial charge is 0.481 e. The molecule has 0 aliphatic carbocycles. The third kappa shape index (κ3) is 6.71. The fourth-order valence-corrected chi connectivity index (χ4v) is 5.03. The number of aliphatic carboxylic acids is 1. The van der Waals surface area contributed by atoms with Crippen molar-refractivity contribution in [2.45, 2.75) is 19.5 Å². The molecule has 0 amide bonds. The van der Waals surface area contributed by atoms with Gasteiger partial charge in [-0.3, -0.25) is 9.69 Å². The molecule has 0 bridgehead atoms. The molecule has 9 nitrogen and oxygen atoms in total. The Morgan fingerprint density at radius 3 is 2.41 bits per heavy atom. The third-order valence-corrected chi connectivity index (χ3v) is 7.14. The lowest BCUT2D eigenvalue weighted by Gasteiger charge is -2.35. The molecule has 3 aromatic rings. The Hall–Kier alpha value is -3.59. The number of halogens is 5. The van der Waals surface area contributed by atoms with Crippen LogP contribution in [0.5, 0.6) is 0 Å². The number of aromatic nitrogens is 3. The summed E-state index contributed by atoms with van der Waals surface area (Å²) in [7, 11) is 3.32. The molecule has 2 aromatic heterocycles. The van der Waals surface area contributed by atoms with Crippen LogP contribution in [0.3, 0.4) is 0 Å². The maximum Gasteiger partial charge on any atom is 0.416 e. The number of carboxylic acids is 1. The molecule has 2 N–H and O–H groups in total. The number of thiazole rings is 1. The molecule has 0 saturated carbocycles. The van der Waals surface area contributed by atoms with Crippen molar-refractivity contribution in [3.8, 4) is 11.3 Å². The van der Waals surface area contributed by atoms with E-state index in [1.54, 1.807) is 30.8 Å². The van der Waals surface area contributed by atoms with E-state index in [1.165, 1.54) is 0 Å². The number of hydrogen-bond donors (Lipinski definition) is 2. The number of aryl methyl sites for hydroxylation is 1. The minimum Gasteiger partial charge on any atom is -0.481 e. The second-order valence-electron chi connectivity index (χ2n) is 9.15. The van der Waals surface area contributed by atoms with Crippen LogP contribution in [-0.4, -0.2) is 77.7 Å². The number of rotatable bonds is 8. The zero-order chi connectivity index (χ0) is 28.5. The van der Waals surface area contributed by atoms with E-state index in [-0.39, 0.29) is 40.3 Å². The maximum absolute atomic E-state index is 15.6. The number of hydrogen-bond acceptors (Lipinski definition) is 9. The molecule has 1 aliphatic rings. The Kier molecular flexibility index (Phi) is 8.20. The molecular formula is C24H26F5N7O2S.